The molecule has 1 unspecified atom stereocenters. The molecule has 1 fully saturated rings. The molecule has 0 aliphatic carbocycles. The first kappa shape index (κ1) is 10.4. The highest BCUT2D eigenvalue weighted by molar-refractivity contribution is 7.99. The number of thioether (sulfide) groups is 1. The summed E-state index contributed by atoms with van der Waals surface area (Å²) in [4.78, 5) is 0. The van der Waals surface area contributed by atoms with E-state index in [9.17, 15) is 0 Å². The van der Waals surface area contributed by atoms with E-state index in [1.165, 1.54) is 24.3 Å². The maximum absolute atomic E-state index is 5.68. The SMILES string of the molecule is Clc1ccc(CNC2CCCSC2)o1. The Morgan fingerprint density at radius 2 is 2.50 bits per heavy atom. The smallest absolute Gasteiger partial charge is 0.193 e. The molecule has 1 saturated heterocycles. The molecule has 0 spiro atoms. The lowest BCUT2D eigenvalue weighted by atomic mass is 10.2. The molecule has 0 aromatic carbocycles. The van der Waals surface area contributed by atoms with Gasteiger partial charge in [-0.25, -0.2) is 0 Å². The predicted molar refractivity (Wildman–Crippen MR) is 60.9 cm³/mol. The Bertz CT molecular complexity index is 283. The fourth-order valence-corrected chi connectivity index (χ4v) is 2.86. The van der Waals surface area contributed by atoms with Crippen molar-refractivity contribution < 1.29 is 4.42 Å². The normalized spacial score (nSPS) is 22.5. The van der Waals surface area contributed by atoms with Gasteiger partial charge in [-0.3, -0.25) is 0 Å². The van der Waals surface area contributed by atoms with Crippen LogP contribution in [0.2, 0.25) is 5.22 Å². The number of furan rings is 1. The maximum Gasteiger partial charge on any atom is 0.193 e. The zero-order valence-corrected chi connectivity index (χ0v) is 9.53. The Hall–Kier alpha value is -0.120. The molecule has 4 heteroatoms. The first-order chi connectivity index (χ1) is 6.84. The topological polar surface area (TPSA) is 25.2 Å². The second-order valence-electron chi connectivity index (χ2n) is 3.50. The van der Waals surface area contributed by atoms with Gasteiger partial charge in [0.1, 0.15) is 5.76 Å². The van der Waals surface area contributed by atoms with Crippen molar-refractivity contribution >= 4 is 23.4 Å². The molecule has 0 radical (unpaired) electrons. The summed E-state index contributed by atoms with van der Waals surface area (Å²) in [5.74, 6) is 3.45. The summed E-state index contributed by atoms with van der Waals surface area (Å²) in [5, 5.41) is 3.95. The zero-order valence-electron chi connectivity index (χ0n) is 7.96. The van der Waals surface area contributed by atoms with Gasteiger partial charge < -0.3 is 9.73 Å². The summed E-state index contributed by atoms with van der Waals surface area (Å²) >= 11 is 7.71. The molecular weight excluding hydrogens is 218 g/mol. The van der Waals surface area contributed by atoms with Crippen LogP contribution in [0.1, 0.15) is 18.6 Å². The third-order valence-corrected chi connectivity index (χ3v) is 3.77. The van der Waals surface area contributed by atoms with Crippen molar-refractivity contribution in [2.45, 2.75) is 25.4 Å². The molecule has 1 aromatic heterocycles. The minimum Gasteiger partial charge on any atom is -0.448 e. The minimum absolute atomic E-state index is 0.472. The minimum atomic E-state index is 0.472. The van der Waals surface area contributed by atoms with Crippen LogP contribution in [-0.2, 0) is 6.54 Å². The summed E-state index contributed by atoms with van der Waals surface area (Å²) in [5.41, 5.74) is 0. The molecule has 2 nitrogen and oxygen atoms in total. The van der Waals surface area contributed by atoms with Crippen LogP contribution < -0.4 is 5.32 Å². The number of hydrogen-bond acceptors (Lipinski definition) is 3. The van der Waals surface area contributed by atoms with Crippen molar-refractivity contribution in [3.05, 3.63) is 23.1 Å². The van der Waals surface area contributed by atoms with E-state index in [2.05, 4.69) is 5.32 Å². The maximum atomic E-state index is 5.68. The fourth-order valence-electron chi connectivity index (χ4n) is 1.59. The highest BCUT2D eigenvalue weighted by atomic mass is 35.5. The summed E-state index contributed by atoms with van der Waals surface area (Å²) in [7, 11) is 0. The average Bonchev–Trinajstić information content (AvgIpc) is 2.63. The van der Waals surface area contributed by atoms with Gasteiger partial charge in [0.2, 0.25) is 0 Å². The lowest BCUT2D eigenvalue weighted by Crippen LogP contribution is -2.33. The van der Waals surface area contributed by atoms with Gasteiger partial charge in [-0.1, -0.05) is 0 Å². The zero-order chi connectivity index (χ0) is 9.80. The summed E-state index contributed by atoms with van der Waals surface area (Å²) < 4.78 is 5.27. The van der Waals surface area contributed by atoms with Crippen LogP contribution in [0.15, 0.2) is 16.5 Å². The van der Waals surface area contributed by atoms with Crippen LogP contribution in [0.3, 0.4) is 0 Å². The quantitative estimate of drug-likeness (QED) is 0.866. The molecular formula is C10H14ClNOS. The third kappa shape index (κ3) is 2.94. The average molecular weight is 232 g/mol. The van der Waals surface area contributed by atoms with Crippen LogP contribution in [0.4, 0.5) is 0 Å². The number of hydrogen-bond donors (Lipinski definition) is 1. The molecule has 2 heterocycles. The highest BCUT2D eigenvalue weighted by Crippen LogP contribution is 2.18. The van der Waals surface area contributed by atoms with Crippen molar-refractivity contribution in [2.75, 3.05) is 11.5 Å². The Labute approximate surface area is 93.4 Å². The van der Waals surface area contributed by atoms with Gasteiger partial charge >= 0.3 is 0 Å². The summed E-state index contributed by atoms with van der Waals surface area (Å²) in [6.45, 7) is 0.790. The molecule has 1 N–H and O–H groups in total. The van der Waals surface area contributed by atoms with Gasteiger partial charge in [0, 0.05) is 11.8 Å². The van der Waals surface area contributed by atoms with Gasteiger partial charge in [0.05, 0.1) is 6.54 Å². The lowest BCUT2D eigenvalue weighted by Gasteiger charge is -2.21. The Morgan fingerprint density at radius 3 is 3.14 bits per heavy atom. The van der Waals surface area contributed by atoms with Crippen molar-refractivity contribution in [1.82, 2.24) is 5.32 Å². The Balaban J connectivity index is 1.76. The van der Waals surface area contributed by atoms with E-state index in [1.54, 1.807) is 6.07 Å². The molecule has 1 aliphatic rings. The molecule has 1 atom stereocenters. The van der Waals surface area contributed by atoms with Gasteiger partial charge in [-0.05, 0) is 42.3 Å². The first-order valence-corrected chi connectivity index (χ1v) is 6.43. The van der Waals surface area contributed by atoms with Crippen LogP contribution in [0.5, 0.6) is 0 Å². The molecule has 1 aliphatic heterocycles. The monoisotopic (exact) mass is 231 g/mol. The molecule has 1 aromatic rings. The van der Waals surface area contributed by atoms with Crippen LogP contribution in [0, 0.1) is 0 Å². The Kier molecular flexibility index (Phi) is 3.79. The molecule has 2 rings (SSSR count). The molecule has 14 heavy (non-hydrogen) atoms. The summed E-state index contributed by atoms with van der Waals surface area (Å²) in [6.07, 6.45) is 2.60. The van der Waals surface area contributed by atoms with Crippen molar-refractivity contribution in [1.29, 1.82) is 0 Å². The van der Waals surface area contributed by atoms with Gasteiger partial charge in [-0.2, -0.15) is 11.8 Å². The fraction of sp³-hybridized carbons (Fsp3) is 0.600. The van der Waals surface area contributed by atoms with Gasteiger partial charge in [0.15, 0.2) is 5.22 Å². The first-order valence-electron chi connectivity index (χ1n) is 4.90. The van der Waals surface area contributed by atoms with E-state index in [1.807, 2.05) is 17.8 Å². The summed E-state index contributed by atoms with van der Waals surface area (Å²) in [6, 6.07) is 4.34. The van der Waals surface area contributed by atoms with Crippen LogP contribution in [0.25, 0.3) is 0 Å². The standard InChI is InChI=1S/C10H14ClNOS/c11-10-4-3-9(13-10)6-12-8-2-1-5-14-7-8/h3-4,8,12H,1-2,5-7H2. The van der Waals surface area contributed by atoms with E-state index < -0.39 is 0 Å². The molecule has 0 bridgehead atoms. The largest absolute Gasteiger partial charge is 0.448 e. The highest BCUT2D eigenvalue weighted by Gasteiger charge is 2.13. The van der Waals surface area contributed by atoms with Crippen molar-refractivity contribution in [3.63, 3.8) is 0 Å². The Morgan fingerprint density at radius 1 is 1.57 bits per heavy atom. The molecule has 78 valence electrons. The number of rotatable bonds is 3. The third-order valence-electron chi connectivity index (χ3n) is 2.35. The predicted octanol–water partition coefficient (Wildman–Crippen LogP) is 2.92. The van der Waals surface area contributed by atoms with Gasteiger partial charge in [-0.15, -0.1) is 0 Å². The lowest BCUT2D eigenvalue weighted by molar-refractivity contribution is 0.442. The van der Waals surface area contributed by atoms with Gasteiger partial charge in [0.25, 0.3) is 0 Å². The van der Waals surface area contributed by atoms with E-state index in [-0.39, 0.29) is 0 Å². The van der Waals surface area contributed by atoms with Crippen LogP contribution in [-0.4, -0.2) is 17.5 Å². The van der Waals surface area contributed by atoms with E-state index in [0.29, 0.717) is 11.3 Å². The number of nitrogens with one attached hydrogen (secondary N) is 1. The van der Waals surface area contributed by atoms with E-state index in [4.69, 9.17) is 16.0 Å². The van der Waals surface area contributed by atoms with Crippen LogP contribution >= 0.6 is 23.4 Å². The van der Waals surface area contributed by atoms with Crippen molar-refractivity contribution in [2.24, 2.45) is 0 Å². The molecule has 0 saturated carbocycles. The van der Waals surface area contributed by atoms with E-state index in [0.717, 1.165) is 12.3 Å². The number of halogens is 1. The molecule has 0 amide bonds. The second-order valence-corrected chi connectivity index (χ2v) is 5.02. The van der Waals surface area contributed by atoms with Crippen molar-refractivity contribution in [3.8, 4) is 0 Å². The van der Waals surface area contributed by atoms with E-state index >= 15 is 0 Å². The second kappa shape index (κ2) is 5.10.